The van der Waals surface area contributed by atoms with Gasteiger partial charge in [-0.05, 0) is 35.9 Å². The van der Waals surface area contributed by atoms with Gasteiger partial charge in [0.25, 0.3) is 0 Å². The molecule has 0 radical (unpaired) electrons. The third-order valence-corrected chi connectivity index (χ3v) is 3.55. The van der Waals surface area contributed by atoms with Crippen LogP contribution in [-0.4, -0.2) is 16.0 Å². The lowest BCUT2D eigenvalue weighted by Gasteiger charge is -2.10. The Bertz CT molecular complexity index is 820. The van der Waals surface area contributed by atoms with E-state index in [4.69, 9.17) is 27.9 Å². The summed E-state index contributed by atoms with van der Waals surface area (Å²) in [5.74, 6) is -0.577. The molecule has 0 fully saturated rings. The molecule has 0 aliphatic rings. The number of aliphatic hydroxyl groups excluding tert-OH is 1. The van der Waals surface area contributed by atoms with Crippen molar-refractivity contribution >= 4 is 35.2 Å². The first-order chi connectivity index (χ1) is 11.4. The summed E-state index contributed by atoms with van der Waals surface area (Å²) in [6.45, 7) is -0.406. The highest BCUT2D eigenvalue weighted by Crippen LogP contribution is 2.25. The van der Waals surface area contributed by atoms with E-state index >= 15 is 0 Å². The van der Waals surface area contributed by atoms with Gasteiger partial charge < -0.3 is 9.84 Å². The number of aliphatic hydroxyl groups is 1. The molecule has 0 aliphatic heterocycles. The van der Waals surface area contributed by atoms with Crippen molar-refractivity contribution in [3.05, 3.63) is 79.4 Å². The lowest BCUT2D eigenvalue weighted by Crippen LogP contribution is -2.10. The molecule has 24 heavy (non-hydrogen) atoms. The van der Waals surface area contributed by atoms with Gasteiger partial charge in [-0.3, -0.25) is 10.1 Å². The van der Waals surface area contributed by atoms with E-state index in [1.54, 1.807) is 0 Å². The zero-order valence-corrected chi connectivity index (χ0v) is 13.6. The van der Waals surface area contributed by atoms with Crippen LogP contribution in [0.5, 0.6) is 5.75 Å². The van der Waals surface area contributed by atoms with Crippen molar-refractivity contribution in [3.63, 3.8) is 0 Å². The van der Waals surface area contributed by atoms with Crippen LogP contribution >= 0.6 is 23.2 Å². The van der Waals surface area contributed by atoms with Gasteiger partial charge >= 0.3 is 5.97 Å². The largest absolute Gasteiger partial charge is 0.423 e. The molecule has 2 aromatic rings. The SMILES string of the molecule is O=C(Oc1ccc(C=C[N+](=O)[O-])cc1CO)c1ccc(Cl)cc1Cl. The predicted molar refractivity (Wildman–Crippen MR) is 89.8 cm³/mol. The summed E-state index contributed by atoms with van der Waals surface area (Å²) >= 11 is 11.7. The van der Waals surface area contributed by atoms with Crippen LogP contribution in [0.15, 0.2) is 42.6 Å². The van der Waals surface area contributed by atoms with Crippen molar-refractivity contribution in [2.45, 2.75) is 6.61 Å². The minimum Gasteiger partial charge on any atom is -0.423 e. The monoisotopic (exact) mass is 367 g/mol. The summed E-state index contributed by atoms with van der Waals surface area (Å²) in [5.41, 5.74) is 0.918. The maximum absolute atomic E-state index is 12.2. The van der Waals surface area contributed by atoms with E-state index in [1.165, 1.54) is 42.5 Å². The third kappa shape index (κ3) is 4.55. The smallest absolute Gasteiger partial charge is 0.345 e. The molecule has 0 spiro atoms. The lowest BCUT2D eigenvalue weighted by atomic mass is 10.1. The summed E-state index contributed by atoms with van der Waals surface area (Å²) in [6, 6.07) is 8.78. The van der Waals surface area contributed by atoms with Gasteiger partial charge in [0.2, 0.25) is 6.20 Å². The molecule has 0 amide bonds. The fourth-order valence-electron chi connectivity index (χ4n) is 1.88. The van der Waals surface area contributed by atoms with Gasteiger partial charge in [0.15, 0.2) is 0 Å². The first-order valence-electron chi connectivity index (χ1n) is 6.63. The number of hydrogen-bond acceptors (Lipinski definition) is 5. The fourth-order valence-corrected chi connectivity index (χ4v) is 2.37. The average molecular weight is 368 g/mol. The van der Waals surface area contributed by atoms with Crippen LogP contribution in [0, 0.1) is 10.1 Å². The predicted octanol–water partition coefficient (Wildman–Crippen LogP) is 3.95. The molecule has 0 saturated heterocycles. The molecule has 2 aromatic carbocycles. The van der Waals surface area contributed by atoms with E-state index in [0.29, 0.717) is 16.1 Å². The van der Waals surface area contributed by atoms with Gasteiger partial charge in [-0.25, -0.2) is 4.79 Å². The highest BCUT2D eigenvalue weighted by atomic mass is 35.5. The van der Waals surface area contributed by atoms with Crippen LogP contribution in [0.25, 0.3) is 6.08 Å². The number of rotatable bonds is 5. The van der Waals surface area contributed by atoms with E-state index in [1.807, 2.05) is 0 Å². The highest BCUT2D eigenvalue weighted by molar-refractivity contribution is 6.36. The maximum Gasteiger partial charge on any atom is 0.345 e. The highest BCUT2D eigenvalue weighted by Gasteiger charge is 2.15. The molecule has 0 bridgehead atoms. The van der Waals surface area contributed by atoms with Crippen LogP contribution in [0.2, 0.25) is 10.0 Å². The van der Waals surface area contributed by atoms with Crippen molar-refractivity contribution in [1.29, 1.82) is 0 Å². The number of hydrogen-bond donors (Lipinski definition) is 1. The van der Waals surface area contributed by atoms with E-state index in [0.717, 1.165) is 6.20 Å². The quantitative estimate of drug-likeness (QED) is 0.374. The first kappa shape index (κ1) is 17.9. The Morgan fingerprint density at radius 3 is 2.62 bits per heavy atom. The normalized spacial score (nSPS) is 10.8. The molecule has 0 aliphatic carbocycles. The molecule has 0 unspecified atom stereocenters. The van der Waals surface area contributed by atoms with Crippen molar-refractivity contribution in [2.75, 3.05) is 0 Å². The summed E-state index contributed by atoms with van der Waals surface area (Å²) in [4.78, 5) is 21.9. The van der Waals surface area contributed by atoms with E-state index < -0.39 is 17.5 Å². The van der Waals surface area contributed by atoms with Gasteiger partial charge in [-0.1, -0.05) is 29.3 Å². The second-order valence-electron chi connectivity index (χ2n) is 4.64. The van der Waals surface area contributed by atoms with Crippen molar-refractivity contribution in [1.82, 2.24) is 0 Å². The average Bonchev–Trinajstić information content (AvgIpc) is 2.53. The lowest BCUT2D eigenvalue weighted by molar-refractivity contribution is -0.400. The molecule has 8 heteroatoms. The third-order valence-electron chi connectivity index (χ3n) is 3.00. The Morgan fingerprint density at radius 1 is 1.25 bits per heavy atom. The van der Waals surface area contributed by atoms with Gasteiger partial charge in [0, 0.05) is 16.7 Å². The number of esters is 1. The molecule has 0 aromatic heterocycles. The fraction of sp³-hybridized carbons (Fsp3) is 0.0625. The number of benzene rings is 2. The zero-order valence-electron chi connectivity index (χ0n) is 12.1. The van der Waals surface area contributed by atoms with Crippen molar-refractivity contribution in [2.24, 2.45) is 0 Å². The maximum atomic E-state index is 12.2. The van der Waals surface area contributed by atoms with Gasteiger partial charge in [-0.2, -0.15) is 0 Å². The van der Waals surface area contributed by atoms with Crippen LogP contribution in [-0.2, 0) is 6.61 Å². The Kier molecular flexibility index (Phi) is 5.92. The molecular weight excluding hydrogens is 357 g/mol. The van der Waals surface area contributed by atoms with Gasteiger partial charge in [-0.15, -0.1) is 0 Å². The van der Waals surface area contributed by atoms with Gasteiger partial charge in [0.1, 0.15) is 5.75 Å². The first-order valence-corrected chi connectivity index (χ1v) is 7.39. The summed E-state index contributed by atoms with van der Waals surface area (Å²) in [6.07, 6.45) is 2.04. The van der Waals surface area contributed by atoms with Gasteiger partial charge in [0.05, 0.1) is 22.1 Å². The molecular formula is C16H11Cl2NO5. The van der Waals surface area contributed by atoms with Crippen molar-refractivity contribution < 1.29 is 19.6 Å². The number of carbonyl (C=O) groups is 1. The van der Waals surface area contributed by atoms with Crippen LogP contribution in [0.3, 0.4) is 0 Å². The molecule has 2 rings (SSSR count). The topological polar surface area (TPSA) is 89.7 Å². The van der Waals surface area contributed by atoms with E-state index in [2.05, 4.69) is 0 Å². The Hall–Kier alpha value is -2.41. The Morgan fingerprint density at radius 2 is 2.00 bits per heavy atom. The number of nitrogens with zero attached hydrogens (tertiary/aromatic N) is 1. The van der Waals surface area contributed by atoms with Crippen LogP contribution in [0.1, 0.15) is 21.5 Å². The standard InChI is InChI=1S/C16H11Cl2NO5/c17-12-2-3-13(14(18)8-12)16(21)24-15-4-1-10(5-6-19(22)23)7-11(15)9-20/h1-8,20H,9H2. The number of ether oxygens (including phenoxy) is 1. The second-order valence-corrected chi connectivity index (χ2v) is 5.48. The zero-order chi connectivity index (χ0) is 17.7. The Labute approximate surface area is 147 Å². The molecule has 124 valence electrons. The molecule has 6 nitrogen and oxygen atoms in total. The van der Waals surface area contributed by atoms with E-state index in [-0.39, 0.29) is 16.3 Å². The van der Waals surface area contributed by atoms with Crippen molar-refractivity contribution in [3.8, 4) is 5.75 Å². The second kappa shape index (κ2) is 7.92. The summed E-state index contributed by atoms with van der Waals surface area (Å²) < 4.78 is 5.24. The minimum absolute atomic E-state index is 0.127. The van der Waals surface area contributed by atoms with E-state index in [9.17, 15) is 20.0 Å². The summed E-state index contributed by atoms with van der Waals surface area (Å²) in [7, 11) is 0. The number of halogens is 2. The number of nitro groups is 1. The summed E-state index contributed by atoms with van der Waals surface area (Å²) in [5, 5.41) is 20.3. The Balaban J connectivity index is 2.25. The minimum atomic E-state index is -0.708. The van der Waals surface area contributed by atoms with Crippen LogP contribution in [0.4, 0.5) is 0 Å². The van der Waals surface area contributed by atoms with Crippen LogP contribution < -0.4 is 4.74 Å². The molecule has 0 heterocycles. The molecule has 1 N–H and O–H groups in total. The molecule has 0 atom stereocenters. The number of carbonyl (C=O) groups excluding carboxylic acids is 1. The molecule has 0 saturated carbocycles.